The summed E-state index contributed by atoms with van der Waals surface area (Å²) in [5.41, 5.74) is 6.43. The summed E-state index contributed by atoms with van der Waals surface area (Å²) in [5.74, 6) is 0.714. The number of nitrogens with two attached hydrogens (primary N) is 1. The van der Waals surface area contributed by atoms with Crippen LogP contribution in [0, 0.1) is 23.7 Å². The van der Waals surface area contributed by atoms with E-state index in [-0.39, 0.29) is 36.9 Å². The molecule has 16 heteroatoms. The normalized spacial score (nSPS) is 25.9. The summed E-state index contributed by atoms with van der Waals surface area (Å²) in [6.07, 6.45) is 6.63. The van der Waals surface area contributed by atoms with Crippen LogP contribution in [-0.2, 0) is 23.9 Å². The number of carbonyl (C=O) groups excluding carboxylic acids is 3. The Morgan fingerprint density at radius 1 is 0.983 bits per heavy atom. The Bertz CT molecular complexity index is 1800. The van der Waals surface area contributed by atoms with Crippen molar-refractivity contribution in [3.8, 4) is 11.5 Å². The van der Waals surface area contributed by atoms with Gasteiger partial charge in [0.1, 0.15) is 53.2 Å². The third-order valence-corrected chi connectivity index (χ3v) is 13.0. The number of ether oxygens (including phenoxy) is 4. The van der Waals surface area contributed by atoms with Crippen LogP contribution in [-0.4, -0.2) is 120 Å². The molecule has 15 nitrogen and oxygen atoms in total. The fourth-order valence-electron chi connectivity index (χ4n) is 8.90. The summed E-state index contributed by atoms with van der Waals surface area (Å²) in [6.45, 7) is 12.7. The van der Waals surface area contributed by atoms with Gasteiger partial charge in [0.05, 0.1) is 31.2 Å². The van der Waals surface area contributed by atoms with Crippen LogP contribution in [0.25, 0.3) is 10.9 Å². The lowest BCUT2D eigenvalue weighted by molar-refractivity contribution is -0.139. The SMILES string of the molecule is CC(C)Nc1cc(OC2C[C@@H](C(N)=O)N(C(=O)[C@H](CCCCCCC[C@@H]3C[C@@H]3C(=O)O)NC(=O)O[C@H]3C[C@@H](C)[C@@H](C)C3)C2)c2ccc(OCCN3CCOCC3)c(Cl)c2n1. The predicted octanol–water partition coefficient (Wildman–Crippen LogP) is 6.23. The summed E-state index contributed by atoms with van der Waals surface area (Å²) in [4.78, 5) is 60.4. The minimum atomic E-state index is -0.951. The Hall–Kier alpha value is -4.08. The number of aliphatic carboxylic acids is 1. The van der Waals surface area contributed by atoms with E-state index in [1.807, 2.05) is 19.9 Å². The second kappa shape index (κ2) is 21.1. The number of primary amides is 1. The number of nitrogens with zero attached hydrogens (tertiary/aromatic N) is 3. The number of carboxylic acids is 1. The Labute approximate surface area is 358 Å². The first kappa shape index (κ1) is 45.4. The molecule has 6 rings (SSSR count). The number of benzene rings is 1. The number of hydrogen-bond donors (Lipinski definition) is 4. The number of likely N-dealkylation sites (tertiary alicyclic amines) is 1. The molecule has 1 aromatic carbocycles. The quantitative estimate of drug-likeness (QED) is 0.104. The van der Waals surface area contributed by atoms with Gasteiger partial charge >= 0.3 is 12.1 Å². The summed E-state index contributed by atoms with van der Waals surface area (Å²) in [7, 11) is 0. The van der Waals surface area contributed by atoms with E-state index in [0.29, 0.717) is 77.7 Å². The zero-order chi connectivity index (χ0) is 42.9. The van der Waals surface area contributed by atoms with Gasteiger partial charge in [-0.2, -0.15) is 0 Å². The average Bonchev–Trinajstić information content (AvgIpc) is 3.75. The first-order chi connectivity index (χ1) is 28.8. The molecular weight excluding hydrogens is 792 g/mol. The maximum atomic E-state index is 14.4. The number of aromatic nitrogens is 1. The number of hydrogen-bond acceptors (Lipinski definition) is 11. The van der Waals surface area contributed by atoms with E-state index in [4.69, 9.17) is 41.3 Å². The van der Waals surface area contributed by atoms with Gasteiger partial charge in [0.25, 0.3) is 0 Å². The van der Waals surface area contributed by atoms with Crippen molar-refractivity contribution < 1.29 is 43.2 Å². The van der Waals surface area contributed by atoms with Gasteiger partial charge in [0, 0.05) is 43.5 Å². The van der Waals surface area contributed by atoms with E-state index in [9.17, 15) is 24.3 Å². The van der Waals surface area contributed by atoms with Crippen LogP contribution in [0.5, 0.6) is 11.5 Å². The van der Waals surface area contributed by atoms with Crippen molar-refractivity contribution in [1.29, 1.82) is 0 Å². The molecule has 1 aromatic heterocycles. The van der Waals surface area contributed by atoms with Gasteiger partial charge < -0.3 is 45.3 Å². The third-order valence-electron chi connectivity index (χ3n) is 12.6. The van der Waals surface area contributed by atoms with E-state index < -0.39 is 42.1 Å². The standard InChI is InChI=1S/C44H65ClN6O9/c1-26(2)47-38-24-37(32-12-13-36(39(45)40(32)49-38)58-19-16-50-14-17-57-18-15-50)59-31-23-35(41(46)52)51(25-31)42(53)34(48-44(56)60-30-20-27(3)28(4)21-30)11-9-7-5-6-8-10-29-22-33(29)43(54)55/h12-13,24,26-31,33-35H,5-11,14-23,25H2,1-4H3,(H2,46,52)(H,47,49)(H,48,56)(H,54,55)/t27-,28+,29-,30+,31?,33+,34+,35+/m1/s1. The molecule has 8 atom stereocenters. The number of fused-ring (bicyclic) bond motifs is 1. The van der Waals surface area contributed by atoms with Crippen molar-refractivity contribution in [2.24, 2.45) is 29.4 Å². The number of carbonyl (C=O) groups is 4. The van der Waals surface area contributed by atoms with Crippen LogP contribution in [0.4, 0.5) is 10.6 Å². The number of halogens is 1. The Balaban J connectivity index is 1.13. The molecule has 0 spiro atoms. The molecule has 5 N–H and O–H groups in total. The maximum Gasteiger partial charge on any atom is 0.408 e. The zero-order valence-electron chi connectivity index (χ0n) is 35.7. The van der Waals surface area contributed by atoms with Crippen LogP contribution in [0.3, 0.4) is 0 Å². The second-order valence-corrected chi connectivity index (χ2v) is 18.1. The van der Waals surface area contributed by atoms with Crippen molar-refractivity contribution in [2.45, 2.75) is 129 Å². The molecule has 0 radical (unpaired) electrons. The largest absolute Gasteiger partial charge is 0.491 e. The summed E-state index contributed by atoms with van der Waals surface area (Å²) >= 11 is 6.96. The molecule has 4 fully saturated rings. The highest BCUT2D eigenvalue weighted by molar-refractivity contribution is 6.36. The summed E-state index contributed by atoms with van der Waals surface area (Å²) < 4.78 is 24.0. The maximum absolute atomic E-state index is 14.4. The lowest BCUT2D eigenvalue weighted by atomic mass is 10.0. The monoisotopic (exact) mass is 856 g/mol. The number of alkyl carbamates (subject to hydrolysis) is 1. The van der Waals surface area contributed by atoms with Crippen LogP contribution in [0.1, 0.15) is 98.3 Å². The molecule has 2 aliphatic carbocycles. The second-order valence-electron chi connectivity index (χ2n) is 17.7. The first-order valence-electron chi connectivity index (χ1n) is 22.1. The Morgan fingerprint density at radius 3 is 2.38 bits per heavy atom. The number of rotatable bonds is 21. The lowest BCUT2D eigenvalue weighted by Gasteiger charge is -2.28. The van der Waals surface area contributed by atoms with Gasteiger partial charge in [0.2, 0.25) is 11.8 Å². The molecule has 332 valence electrons. The summed E-state index contributed by atoms with van der Waals surface area (Å²) in [5, 5.41) is 16.4. The minimum absolute atomic E-state index is 0.0549. The highest BCUT2D eigenvalue weighted by atomic mass is 35.5. The van der Waals surface area contributed by atoms with Crippen LogP contribution < -0.4 is 25.8 Å². The van der Waals surface area contributed by atoms with Crippen LogP contribution >= 0.6 is 11.6 Å². The van der Waals surface area contributed by atoms with Gasteiger partial charge in [-0.3, -0.25) is 19.3 Å². The fourth-order valence-corrected chi connectivity index (χ4v) is 9.16. The number of morpholine rings is 1. The topological polar surface area (TPSA) is 195 Å². The molecule has 2 aliphatic heterocycles. The van der Waals surface area contributed by atoms with Crippen molar-refractivity contribution in [3.05, 3.63) is 23.2 Å². The van der Waals surface area contributed by atoms with Crippen molar-refractivity contribution >= 4 is 52.2 Å². The molecule has 3 amide bonds. The first-order valence-corrected chi connectivity index (χ1v) is 22.4. The van der Waals surface area contributed by atoms with Gasteiger partial charge in [-0.25, -0.2) is 9.78 Å². The Morgan fingerprint density at radius 2 is 1.70 bits per heavy atom. The van der Waals surface area contributed by atoms with E-state index in [1.54, 1.807) is 12.1 Å². The smallest absolute Gasteiger partial charge is 0.408 e. The van der Waals surface area contributed by atoms with E-state index in [1.165, 1.54) is 4.90 Å². The van der Waals surface area contributed by atoms with Gasteiger partial charge in [-0.1, -0.05) is 57.6 Å². The van der Waals surface area contributed by atoms with Gasteiger partial charge in [-0.05, 0) is 75.8 Å². The number of carboxylic acid groups (broad SMARTS) is 1. The molecule has 4 aliphatic rings. The van der Waals surface area contributed by atoms with E-state index in [2.05, 4.69) is 29.4 Å². The van der Waals surface area contributed by atoms with Gasteiger partial charge in [0.15, 0.2) is 0 Å². The molecule has 2 saturated heterocycles. The molecular formula is C44H65ClN6O9. The number of amides is 3. The van der Waals surface area contributed by atoms with E-state index >= 15 is 0 Å². The lowest BCUT2D eigenvalue weighted by Crippen LogP contribution is -2.53. The average molecular weight is 857 g/mol. The minimum Gasteiger partial charge on any atom is -0.491 e. The molecule has 0 bridgehead atoms. The number of pyridine rings is 1. The molecule has 2 saturated carbocycles. The zero-order valence-corrected chi connectivity index (χ0v) is 36.4. The molecule has 2 aromatic rings. The Kier molecular flexibility index (Phi) is 16.0. The van der Waals surface area contributed by atoms with E-state index in [0.717, 1.165) is 71.0 Å². The van der Waals surface area contributed by atoms with Crippen molar-refractivity contribution in [1.82, 2.24) is 20.1 Å². The predicted molar refractivity (Wildman–Crippen MR) is 228 cm³/mol. The third kappa shape index (κ3) is 12.3. The van der Waals surface area contributed by atoms with Crippen LogP contribution in [0.2, 0.25) is 5.02 Å². The fraction of sp³-hybridized carbons (Fsp3) is 0.705. The molecule has 60 heavy (non-hydrogen) atoms. The van der Waals surface area contributed by atoms with Crippen LogP contribution in [0.15, 0.2) is 18.2 Å². The van der Waals surface area contributed by atoms with Crippen molar-refractivity contribution in [2.75, 3.05) is 51.3 Å². The highest BCUT2D eigenvalue weighted by Gasteiger charge is 2.44. The molecule has 3 heterocycles. The number of anilines is 1. The highest BCUT2D eigenvalue weighted by Crippen LogP contribution is 2.43. The summed E-state index contributed by atoms with van der Waals surface area (Å²) in [6, 6.07) is 3.62. The van der Waals surface area contributed by atoms with Crippen molar-refractivity contribution in [3.63, 3.8) is 0 Å². The number of unbranched alkanes of at least 4 members (excludes halogenated alkanes) is 4. The number of nitrogens with one attached hydrogen (secondary N) is 2. The van der Waals surface area contributed by atoms with Gasteiger partial charge in [-0.15, -0.1) is 0 Å². The molecule has 1 unspecified atom stereocenters.